The van der Waals surface area contributed by atoms with Crippen LogP contribution in [-0.4, -0.2) is 71.4 Å². The van der Waals surface area contributed by atoms with Crippen molar-refractivity contribution in [3.8, 4) is 0 Å². The highest BCUT2D eigenvalue weighted by atomic mass is 16.2. The predicted molar refractivity (Wildman–Crippen MR) is 95.6 cm³/mol. The monoisotopic (exact) mass is 330 g/mol. The van der Waals surface area contributed by atoms with Crippen molar-refractivity contribution in [3.05, 3.63) is 30.1 Å². The van der Waals surface area contributed by atoms with Gasteiger partial charge in [0.25, 0.3) is 0 Å². The quantitative estimate of drug-likeness (QED) is 0.850. The third kappa shape index (κ3) is 4.54. The van der Waals surface area contributed by atoms with Crippen LogP contribution < -0.4 is 0 Å². The molecule has 0 N–H and O–H groups in total. The lowest BCUT2D eigenvalue weighted by Gasteiger charge is -2.30. The maximum atomic E-state index is 13.0. The molecule has 2 fully saturated rings. The molecule has 2 saturated heterocycles. The largest absolute Gasteiger partial charge is 0.340 e. The highest BCUT2D eigenvalue weighted by Crippen LogP contribution is 2.18. The number of hydrogen-bond acceptors (Lipinski definition) is 4. The lowest BCUT2D eigenvalue weighted by molar-refractivity contribution is -0.136. The molecule has 5 heteroatoms. The molecular formula is C19H30N4O. The van der Waals surface area contributed by atoms with Crippen molar-refractivity contribution in [1.29, 1.82) is 0 Å². The third-order valence-corrected chi connectivity index (χ3v) is 5.33. The zero-order valence-electron chi connectivity index (χ0n) is 14.9. The minimum atomic E-state index is 0.0948. The van der Waals surface area contributed by atoms with Gasteiger partial charge in [-0.05, 0) is 44.5 Å². The number of carbonyl (C=O) groups is 1. The number of rotatable bonds is 3. The molecule has 0 saturated carbocycles. The van der Waals surface area contributed by atoms with Gasteiger partial charge in [-0.15, -0.1) is 0 Å². The van der Waals surface area contributed by atoms with Gasteiger partial charge in [0.15, 0.2) is 0 Å². The number of likely N-dealkylation sites (N-methyl/N-ethyl adjacent to an activating group) is 1. The summed E-state index contributed by atoms with van der Waals surface area (Å²) >= 11 is 0. The van der Waals surface area contributed by atoms with Crippen LogP contribution >= 0.6 is 0 Å². The molecule has 1 aromatic heterocycles. The Kier molecular flexibility index (Phi) is 6.21. The first-order chi connectivity index (χ1) is 11.7. The SMILES string of the molecule is CN1CCCCCC1C(=O)N1CCCN(Cc2cccnc2)CC1. The summed E-state index contributed by atoms with van der Waals surface area (Å²) in [5.74, 6) is 0.350. The van der Waals surface area contributed by atoms with Crippen LogP contribution in [0.1, 0.15) is 37.7 Å². The van der Waals surface area contributed by atoms with Crippen LogP contribution in [0.25, 0.3) is 0 Å². The summed E-state index contributed by atoms with van der Waals surface area (Å²) in [6, 6.07) is 4.21. The molecule has 2 aliphatic rings. The standard InChI is InChI=1S/C19H30N4O/c1-21-10-4-2-3-8-18(21)19(24)23-12-6-11-22(13-14-23)16-17-7-5-9-20-15-17/h5,7,9,15,18H,2-4,6,8,10-14,16H2,1H3. The minimum absolute atomic E-state index is 0.0948. The first-order valence-electron chi connectivity index (χ1n) is 9.34. The molecular weight excluding hydrogens is 300 g/mol. The number of hydrogen-bond donors (Lipinski definition) is 0. The van der Waals surface area contributed by atoms with E-state index < -0.39 is 0 Å². The van der Waals surface area contributed by atoms with Crippen LogP contribution in [0.15, 0.2) is 24.5 Å². The fraction of sp³-hybridized carbons (Fsp3) is 0.684. The normalized spacial score (nSPS) is 24.4. The molecule has 3 rings (SSSR count). The maximum absolute atomic E-state index is 13.0. The second kappa shape index (κ2) is 8.58. The highest BCUT2D eigenvalue weighted by molar-refractivity contribution is 5.82. The fourth-order valence-corrected chi connectivity index (χ4v) is 3.87. The summed E-state index contributed by atoms with van der Waals surface area (Å²) in [6.07, 6.45) is 9.49. The molecule has 1 unspecified atom stereocenters. The smallest absolute Gasteiger partial charge is 0.239 e. The lowest BCUT2D eigenvalue weighted by Crippen LogP contribution is -2.48. The average Bonchev–Trinajstić information content (AvgIpc) is 2.96. The van der Waals surface area contributed by atoms with Crippen molar-refractivity contribution in [2.24, 2.45) is 0 Å². The Morgan fingerprint density at radius 1 is 1.12 bits per heavy atom. The molecule has 0 bridgehead atoms. The van der Waals surface area contributed by atoms with Crippen molar-refractivity contribution in [3.63, 3.8) is 0 Å². The van der Waals surface area contributed by atoms with Crippen molar-refractivity contribution in [2.75, 3.05) is 39.8 Å². The molecule has 1 amide bonds. The third-order valence-electron chi connectivity index (χ3n) is 5.33. The molecule has 1 aromatic rings. The van der Waals surface area contributed by atoms with Crippen LogP contribution in [-0.2, 0) is 11.3 Å². The van der Waals surface area contributed by atoms with Gasteiger partial charge in [0, 0.05) is 45.1 Å². The molecule has 2 aliphatic heterocycles. The average molecular weight is 330 g/mol. The first kappa shape index (κ1) is 17.4. The number of pyridine rings is 1. The Bertz CT molecular complexity index is 521. The second-order valence-electron chi connectivity index (χ2n) is 7.16. The first-order valence-corrected chi connectivity index (χ1v) is 9.34. The fourth-order valence-electron chi connectivity index (χ4n) is 3.87. The molecule has 0 aromatic carbocycles. The number of nitrogens with zero attached hydrogens (tertiary/aromatic N) is 4. The van der Waals surface area contributed by atoms with Crippen LogP contribution in [0.3, 0.4) is 0 Å². The maximum Gasteiger partial charge on any atom is 0.239 e. The van der Waals surface area contributed by atoms with Gasteiger partial charge < -0.3 is 4.90 Å². The molecule has 1 atom stereocenters. The van der Waals surface area contributed by atoms with E-state index in [0.717, 1.165) is 52.1 Å². The second-order valence-corrected chi connectivity index (χ2v) is 7.16. The predicted octanol–water partition coefficient (Wildman–Crippen LogP) is 1.99. The van der Waals surface area contributed by atoms with Crippen LogP contribution in [0.4, 0.5) is 0 Å². The summed E-state index contributed by atoms with van der Waals surface area (Å²) in [7, 11) is 2.11. The minimum Gasteiger partial charge on any atom is -0.340 e. The summed E-state index contributed by atoms with van der Waals surface area (Å²) in [4.78, 5) is 24.0. The van der Waals surface area contributed by atoms with Gasteiger partial charge in [0.2, 0.25) is 5.91 Å². The highest BCUT2D eigenvalue weighted by Gasteiger charge is 2.29. The Hall–Kier alpha value is -1.46. The number of likely N-dealkylation sites (tertiary alicyclic amines) is 1. The van der Waals surface area contributed by atoms with Crippen LogP contribution in [0.5, 0.6) is 0 Å². The van der Waals surface area contributed by atoms with Gasteiger partial charge in [0.05, 0.1) is 6.04 Å². The zero-order valence-corrected chi connectivity index (χ0v) is 14.9. The Morgan fingerprint density at radius 2 is 2.04 bits per heavy atom. The zero-order chi connectivity index (χ0) is 16.8. The van der Waals surface area contributed by atoms with E-state index in [4.69, 9.17) is 0 Å². The van der Waals surface area contributed by atoms with Gasteiger partial charge >= 0.3 is 0 Å². The summed E-state index contributed by atoms with van der Waals surface area (Å²) < 4.78 is 0. The van der Waals surface area contributed by atoms with E-state index in [9.17, 15) is 4.79 Å². The van der Waals surface area contributed by atoms with Gasteiger partial charge in [-0.1, -0.05) is 18.9 Å². The number of carbonyl (C=O) groups excluding carboxylic acids is 1. The Balaban J connectivity index is 1.55. The van der Waals surface area contributed by atoms with E-state index in [2.05, 4.69) is 32.8 Å². The molecule has 3 heterocycles. The van der Waals surface area contributed by atoms with E-state index in [0.29, 0.717) is 5.91 Å². The summed E-state index contributed by atoms with van der Waals surface area (Å²) in [5, 5.41) is 0. The van der Waals surface area contributed by atoms with Crippen LogP contribution in [0, 0.1) is 0 Å². The van der Waals surface area contributed by atoms with E-state index in [1.807, 2.05) is 18.5 Å². The number of aromatic nitrogens is 1. The molecule has 5 nitrogen and oxygen atoms in total. The van der Waals surface area contributed by atoms with Gasteiger partial charge in [-0.25, -0.2) is 0 Å². The molecule has 132 valence electrons. The van der Waals surface area contributed by atoms with Gasteiger partial charge in [-0.2, -0.15) is 0 Å². The molecule has 0 aliphatic carbocycles. The van der Waals surface area contributed by atoms with E-state index in [1.54, 1.807) is 0 Å². The molecule has 24 heavy (non-hydrogen) atoms. The van der Waals surface area contributed by atoms with Crippen molar-refractivity contribution >= 4 is 5.91 Å². The van der Waals surface area contributed by atoms with Crippen molar-refractivity contribution < 1.29 is 4.79 Å². The lowest BCUT2D eigenvalue weighted by atomic mass is 10.1. The van der Waals surface area contributed by atoms with Gasteiger partial charge in [0.1, 0.15) is 0 Å². The molecule has 0 radical (unpaired) electrons. The van der Waals surface area contributed by atoms with Crippen molar-refractivity contribution in [2.45, 2.75) is 44.7 Å². The van der Waals surface area contributed by atoms with Gasteiger partial charge in [-0.3, -0.25) is 19.6 Å². The van der Waals surface area contributed by atoms with E-state index >= 15 is 0 Å². The molecule has 0 spiro atoms. The van der Waals surface area contributed by atoms with E-state index in [1.165, 1.54) is 24.8 Å². The summed E-state index contributed by atoms with van der Waals surface area (Å²) in [6.45, 7) is 5.74. The topological polar surface area (TPSA) is 39.7 Å². The Labute approximate surface area is 145 Å². The van der Waals surface area contributed by atoms with Crippen molar-refractivity contribution in [1.82, 2.24) is 19.7 Å². The summed E-state index contributed by atoms with van der Waals surface area (Å²) in [5.41, 5.74) is 1.25. The van der Waals surface area contributed by atoms with Crippen LogP contribution in [0.2, 0.25) is 0 Å². The number of amides is 1. The van der Waals surface area contributed by atoms with E-state index in [-0.39, 0.29) is 6.04 Å². The Morgan fingerprint density at radius 3 is 2.88 bits per heavy atom.